The number of carbonyl (C=O) groups excluding carboxylic acids is 1. The fraction of sp³-hybridized carbons (Fsp3) is 0. The average molecular weight is 309 g/mol. The van der Waals surface area contributed by atoms with E-state index >= 15 is 0 Å². The summed E-state index contributed by atoms with van der Waals surface area (Å²) in [5.41, 5.74) is 4.73. The minimum atomic E-state index is -5.03. The number of nitrogens with two attached hydrogens (primary N) is 1. The summed E-state index contributed by atoms with van der Waals surface area (Å²) in [6.45, 7) is 0. The van der Waals surface area contributed by atoms with Crippen molar-refractivity contribution in [3.63, 3.8) is 0 Å². The molecule has 0 heterocycles. The molecule has 2 N–H and O–H groups in total. The number of benzene rings is 1. The number of carboxylic acids is 1. The standard InChI is InChI=1S/C7H7NO6S.2K/c8-4-1-2-6(14-15(11,12)13)5(3-4)7(9)10;;/h1-3H,8H2,(H,9,10)(H,11,12,13);;/q;2*+1/p-2. The maximum atomic E-state index is 10.5. The summed E-state index contributed by atoms with van der Waals surface area (Å²) in [7, 11) is -5.03. The van der Waals surface area contributed by atoms with Gasteiger partial charge in [-0.1, -0.05) is 0 Å². The maximum absolute atomic E-state index is 10.5. The summed E-state index contributed by atoms with van der Waals surface area (Å²) in [6, 6.07) is 3.07. The molecule has 0 aliphatic carbocycles. The summed E-state index contributed by atoms with van der Waals surface area (Å²) in [5, 5.41) is 10.5. The first-order chi connectivity index (χ1) is 6.79. The Labute approximate surface area is 183 Å². The van der Waals surface area contributed by atoms with Crippen molar-refractivity contribution in [3.05, 3.63) is 23.8 Å². The first-order valence-corrected chi connectivity index (χ1v) is 4.89. The van der Waals surface area contributed by atoms with E-state index in [-0.39, 0.29) is 108 Å². The number of aromatic carboxylic acids is 1. The summed E-state index contributed by atoms with van der Waals surface area (Å²) >= 11 is 0. The molecular weight excluding hydrogens is 304 g/mol. The van der Waals surface area contributed by atoms with Gasteiger partial charge in [-0.2, -0.15) is 0 Å². The number of carboxylic acid groups (broad SMARTS) is 1. The third kappa shape index (κ3) is 7.59. The van der Waals surface area contributed by atoms with Crippen LogP contribution in [-0.2, 0) is 10.4 Å². The molecule has 0 amide bonds. The van der Waals surface area contributed by atoms with Gasteiger partial charge in [-0.05, 0) is 18.2 Å². The second kappa shape index (κ2) is 8.61. The number of hydrogen-bond donors (Lipinski definition) is 1. The molecule has 0 saturated heterocycles. The monoisotopic (exact) mass is 309 g/mol. The first-order valence-electron chi connectivity index (χ1n) is 3.56. The van der Waals surface area contributed by atoms with Gasteiger partial charge < -0.3 is 24.4 Å². The van der Waals surface area contributed by atoms with Crippen molar-refractivity contribution in [1.29, 1.82) is 0 Å². The number of hydrogen-bond acceptors (Lipinski definition) is 7. The third-order valence-corrected chi connectivity index (χ3v) is 1.80. The van der Waals surface area contributed by atoms with E-state index in [0.717, 1.165) is 12.1 Å². The van der Waals surface area contributed by atoms with Crippen LogP contribution >= 0.6 is 0 Å². The topological polar surface area (TPSA) is 133 Å². The molecule has 0 spiro atoms. The molecule has 0 saturated carbocycles. The fourth-order valence-electron chi connectivity index (χ4n) is 0.890. The van der Waals surface area contributed by atoms with Crippen molar-refractivity contribution < 1.29 is 130 Å². The van der Waals surface area contributed by atoms with E-state index in [4.69, 9.17) is 5.73 Å². The Kier molecular flexibility index (Phi) is 10.5. The van der Waals surface area contributed by atoms with Gasteiger partial charge in [0.1, 0.15) is 0 Å². The quantitative estimate of drug-likeness (QED) is 0.254. The molecule has 0 bridgehead atoms. The Balaban J connectivity index is 0. The largest absolute Gasteiger partial charge is 1.00 e. The zero-order valence-electron chi connectivity index (χ0n) is 9.17. The van der Waals surface area contributed by atoms with Crippen molar-refractivity contribution in [2.24, 2.45) is 0 Å². The van der Waals surface area contributed by atoms with Crippen LogP contribution in [0.1, 0.15) is 10.4 Å². The summed E-state index contributed by atoms with van der Waals surface area (Å²) in [5.74, 6) is -2.32. The van der Waals surface area contributed by atoms with E-state index in [1.54, 1.807) is 0 Å². The van der Waals surface area contributed by atoms with E-state index in [1.165, 1.54) is 6.07 Å². The Morgan fingerprint density at radius 3 is 2.24 bits per heavy atom. The van der Waals surface area contributed by atoms with Gasteiger partial charge in [-0.3, -0.25) is 0 Å². The Hall–Kier alpha value is 1.47. The average Bonchev–Trinajstić information content (AvgIpc) is 2.05. The summed E-state index contributed by atoms with van der Waals surface area (Å²) < 4.78 is 34.6. The molecule has 7 nitrogen and oxygen atoms in total. The van der Waals surface area contributed by atoms with Gasteiger partial charge in [0.15, 0.2) is 5.75 Å². The smallest absolute Gasteiger partial charge is 0.716 e. The second-order valence-corrected chi connectivity index (χ2v) is 3.52. The third-order valence-electron chi connectivity index (χ3n) is 1.42. The van der Waals surface area contributed by atoms with E-state index < -0.39 is 27.7 Å². The second-order valence-electron chi connectivity index (χ2n) is 2.53. The molecule has 0 atom stereocenters. The van der Waals surface area contributed by atoms with E-state index in [9.17, 15) is 22.9 Å². The number of carbonyl (C=O) groups is 1. The van der Waals surface area contributed by atoms with Crippen LogP contribution in [0.4, 0.5) is 5.69 Å². The molecule has 82 valence electrons. The zero-order valence-corrected chi connectivity index (χ0v) is 16.2. The molecule has 1 rings (SSSR count). The minimum Gasteiger partial charge on any atom is -0.716 e. The molecule has 10 heteroatoms. The number of nitrogen functional groups attached to an aromatic ring is 1. The maximum Gasteiger partial charge on any atom is 1.00 e. The van der Waals surface area contributed by atoms with Gasteiger partial charge in [-0.25, -0.2) is 8.42 Å². The molecule has 0 aliphatic heterocycles. The predicted molar refractivity (Wildman–Crippen MR) is 45.5 cm³/mol. The SMILES string of the molecule is Nc1ccc(OS(=O)(=O)[O-])c(C(=O)[O-])c1.[K+].[K+]. The fourth-order valence-corrected chi connectivity index (χ4v) is 1.25. The van der Waals surface area contributed by atoms with Crippen molar-refractivity contribution in [3.8, 4) is 5.75 Å². The van der Waals surface area contributed by atoms with Gasteiger partial charge in [0.25, 0.3) is 10.4 Å². The molecule has 0 aromatic heterocycles. The molecule has 0 unspecified atom stereocenters. The molecule has 0 radical (unpaired) electrons. The van der Waals surface area contributed by atoms with E-state index in [2.05, 4.69) is 4.18 Å². The van der Waals surface area contributed by atoms with Gasteiger partial charge in [-0.15, -0.1) is 0 Å². The molecule has 1 aromatic carbocycles. The Morgan fingerprint density at radius 2 is 1.82 bits per heavy atom. The molecule has 0 aliphatic rings. The Bertz CT molecular complexity index is 503. The molecule has 1 aromatic rings. The van der Waals surface area contributed by atoms with Gasteiger partial charge in [0.05, 0.1) is 5.97 Å². The number of rotatable bonds is 3. The molecule has 17 heavy (non-hydrogen) atoms. The minimum absolute atomic E-state index is 0. The first kappa shape index (κ1) is 20.8. The summed E-state index contributed by atoms with van der Waals surface area (Å²) in [4.78, 5) is 10.5. The van der Waals surface area contributed by atoms with Gasteiger partial charge in [0, 0.05) is 11.3 Å². The predicted octanol–water partition coefficient (Wildman–Crippen LogP) is -7.52. The number of anilines is 1. The van der Waals surface area contributed by atoms with Crippen LogP contribution in [0.25, 0.3) is 0 Å². The van der Waals surface area contributed by atoms with Crippen LogP contribution in [0.2, 0.25) is 0 Å². The van der Waals surface area contributed by atoms with Crippen molar-refractivity contribution in [2.45, 2.75) is 0 Å². The zero-order chi connectivity index (χ0) is 11.6. The molecular formula is C7H5K2NO6S. The van der Waals surface area contributed by atoms with Crippen LogP contribution in [0.5, 0.6) is 5.75 Å². The normalized spacial score (nSPS) is 9.71. The van der Waals surface area contributed by atoms with Crippen LogP contribution in [0.15, 0.2) is 18.2 Å². The molecule has 0 fully saturated rings. The van der Waals surface area contributed by atoms with Crippen LogP contribution in [0.3, 0.4) is 0 Å². The van der Waals surface area contributed by atoms with Crippen LogP contribution < -0.4 is 118 Å². The van der Waals surface area contributed by atoms with E-state index in [1.807, 2.05) is 0 Å². The summed E-state index contributed by atoms with van der Waals surface area (Å²) in [6.07, 6.45) is 0. The van der Waals surface area contributed by atoms with Crippen LogP contribution in [0, 0.1) is 0 Å². The van der Waals surface area contributed by atoms with E-state index in [0.29, 0.717) is 0 Å². The van der Waals surface area contributed by atoms with Gasteiger partial charge in [0.2, 0.25) is 0 Å². The van der Waals surface area contributed by atoms with Crippen molar-refractivity contribution in [1.82, 2.24) is 0 Å². The van der Waals surface area contributed by atoms with Gasteiger partial charge >= 0.3 is 103 Å². The van der Waals surface area contributed by atoms with Crippen molar-refractivity contribution >= 4 is 22.1 Å². The Morgan fingerprint density at radius 1 is 1.29 bits per heavy atom. The van der Waals surface area contributed by atoms with Crippen molar-refractivity contribution in [2.75, 3.05) is 5.73 Å². The van der Waals surface area contributed by atoms with Crippen LogP contribution in [-0.4, -0.2) is 18.9 Å².